The Kier molecular flexibility index (Phi) is 2.64. The Balaban J connectivity index is 2.28. The van der Waals surface area contributed by atoms with Crippen molar-refractivity contribution in [2.24, 2.45) is 0 Å². The maximum atomic E-state index is 11.5. The van der Waals surface area contributed by atoms with Crippen LogP contribution >= 0.6 is 0 Å². The van der Waals surface area contributed by atoms with E-state index in [1.165, 1.54) is 10.0 Å². The number of rotatable bonds is 3. The molecular formula is C10H12N2O4. The fourth-order valence-corrected chi connectivity index (χ4v) is 1.89. The average molecular weight is 224 g/mol. The molecule has 1 fully saturated rings. The third-order valence-electron chi connectivity index (χ3n) is 2.52. The van der Waals surface area contributed by atoms with Crippen LogP contribution in [0.4, 0.5) is 0 Å². The summed E-state index contributed by atoms with van der Waals surface area (Å²) in [6.07, 6.45) is 2.03. The van der Waals surface area contributed by atoms with Gasteiger partial charge in [0.2, 0.25) is 0 Å². The number of amides is 2. The first-order valence-corrected chi connectivity index (χ1v) is 5.08. The second kappa shape index (κ2) is 3.96. The van der Waals surface area contributed by atoms with E-state index >= 15 is 0 Å². The van der Waals surface area contributed by atoms with Gasteiger partial charge >= 0.3 is 0 Å². The van der Waals surface area contributed by atoms with Crippen LogP contribution in [0.25, 0.3) is 0 Å². The highest BCUT2D eigenvalue weighted by Crippen LogP contribution is 2.24. The summed E-state index contributed by atoms with van der Waals surface area (Å²) >= 11 is 0. The molecule has 2 aliphatic heterocycles. The van der Waals surface area contributed by atoms with Crippen LogP contribution in [0, 0.1) is 0 Å². The van der Waals surface area contributed by atoms with Gasteiger partial charge in [0.05, 0.1) is 13.2 Å². The summed E-state index contributed by atoms with van der Waals surface area (Å²) < 4.78 is 5.28. The summed E-state index contributed by atoms with van der Waals surface area (Å²) in [5.41, 5.74) is 0. The number of hydrogen-bond donors (Lipinski definition) is 0. The smallest absolute Gasteiger partial charge is 0.251 e. The summed E-state index contributed by atoms with van der Waals surface area (Å²) in [5.74, 6) is -0.0741. The maximum Gasteiger partial charge on any atom is 0.251 e. The molecule has 86 valence electrons. The van der Waals surface area contributed by atoms with Gasteiger partial charge in [-0.3, -0.25) is 9.59 Å². The average Bonchev–Trinajstić information content (AvgIpc) is 2.54. The maximum absolute atomic E-state index is 11.5. The second-order valence-corrected chi connectivity index (χ2v) is 3.56. The first-order chi connectivity index (χ1) is 7.67. The van der Waals surface area contributed by atoms with Crippen LogP contribution in [0.5, 0.6) is 0 Å². The van der Waals surface area contributed by atoms with E-state index in [9.17, 15) is 14.4 Å². The Bertz CT molecular complexity index is 377. The SMILES string of the molecule is CCOC1=CC(C=O)N2C(=O)CC(=O)N2C1. The minimum absolute atomic E-state index is 0.169. The lowest BCUT2D eigenvalue weighted by atomic mass is 10.2. The minimum atomic E-state index is -0.728. The van der Waals surface area contributed by atoms with Crippen LogP contribution in [-0.2, 0) is 19.1 Å². The molecule has 16 heavy (non-hydrogen) atoms. The first kappa shape index (κ1) is 10.7. The summed E-state index contributed by atoms with van der Waals surface area (Å²) in [5, 5.41) is 2.46. The number of fused-ring (bicyclic) bond motifs is 1. The Morgan fingerprint density at radius 1 is 1.50 bits per heavy atom. The monoisotopic (exact) mass is 224 g/mol. The number of hydrazine groups is 1. The minimum Gasteiger partial charge on any atom is -0.496 e. The van der Waals surface area contributed by atoms with E-state index < -0.39 is 6.04 Å². The zero-order valence-electron chi connectivity index (χ0n) is 8.88. The van der Waals surface area contributed by atoms with Crippen LogP contribution in [0.1, 0.15) is 13.3 Å². The van der Waals surface area contributed by atoms with Gasteiger partial charge in [0.1, 0.15) is 24.5 Å². The van der Waals surface area contributed by atoms with Crippen LogP contribution in [-0.4, -0.2) is 47.3 Å². The van der Waals surface area contributed by atoms with E-state index in [-0.39, 0.29) is 24.8 Å². The van der Waals surface area contributed by atoms with E-state index in [0.717, 1.165) is 0 Å². The zero-order valence-corrected chi connectivity index (χ0v) is 8.88. The Morgan fingerprint density at radius 2 is 2.25 bits per heavy atom. The molecular weight excluding hydrogens is 212 g/mol. The topological polar surface area (TPSA) is 66.9 Å². The van der Waals surface area contributed by atoms with Crippen molar-refractivity contribution in [2.45, 2.75) is 19.4 Å². The molecule has 2 rings (SSSR count). The van der Waals surface area contributed by atoms with Crippen LogP contribution in [0.15, 0.2) is 11.8 Å². The van der Waals surface area contributed by atoms with Gasteiger partial charge in [-0.05, 0) is 13.0 Å². The quantitative estimate of drug-likeness (QED) is 0.477. The third-order valence-corrected chi connectivity index (χ3v) is 2.52. The van der Waals surface area contributed by atoms with Gasteiger partial charge in [-0.1, -0.05) is 0 Å². The summed E-state index contributed by atoms with van der Waals surface area (Å²) in [4.78, 5) is 33.9. The van der Waals surface area contributed by atoms with Gasteiger partial charge in [0, 0.05) is 0 Å². The van der Waals surface area contributed by atoms with E-state index in [2.05, 4.69) is 0 Å². The molecule has 0 N–H and O–H groups in total. The Hall–Kier alpha value is -1.85. The van der Waals surface area contributed by atoms with Gasteiger partial charge < -0.3 is 9.53 Å². The number of aldehydes is 1. The molecule has 1 atom stereocenters. The van der Waals surface area contributed by atoms with E-state index in [1.807, 2.05) is 6.92 Å². The van der Waals surface area contributed by atoms with Crippen molar-refractivity contribution in [3.8, 4) is 0 Å². The van der Waals surface area contributed by atoms with Crippen LogP contribution in [0.2, 0.25) is 0 Å². The highest BCUT2D eigenvalue weighted by molar-refractivity contribution is 6.03. The molecule has 6 nitrogen and oxygen atoms in total. The molecule has 2 heterocycles. The highest BCUT2D eigenvalue weighted by Gasteiger charge is 2.42. The van der Waals surface area contributed by atoms with Gasteiger partial charge in [-0.25, -0.2) is 10.0 Å². The Labute approximate surface area is 92.4 Å². The summed E-state index contributed by atoms with van der Waals surface area (Å²) in [7, 11) is 0. The second-order valence-electron chi connectivity index (χ2n) is 3.56. The number of carbonyl (C=O) groups is 3. The number of ether oxygens (including phenoxy) is 1. The summed E-state index contributed by atoms with van der Waals surface area (Å²) in [6, 6.07) is -0.728. The van der Waals surface area contributed by atoms with Gasteiger partial charge in [0.15, 0.2) is 0 Å². The van der Waals surface area contributed by atoms with Gasteiger partial charge in [-0.15, -0.1) is 0 Å². The molecule has 0 saturated carbocycles. The zero-order chi connectivity index (χ0) is 11.7. The summed E-state index contributed by atoms with van der Waals surface area (Å²) in [6.45, 7) is 2.51. The lowest BCUT2D eigenvalue weighted by Gasteiger charge is -2.35. The molecule has 0 radical (unpaired) electrons. The fourth-order valence-electron chi connectivity index (χ4n) is 1.89. The molecule has 0 bridgehead atoms. The van der Waals surface area contributed by atoms with Crippen LogP contribution < -0.4 is 0 Å². The largest absolute Gasteiger partial charge is 0.496 e. The van der Waals surface area contributed by atoms with Crippen molar-refractivity contribution in [3.63, 3.8) is 0 Å². The molecule has 1 saturated heterocycles. The number of hydrogen-bond acceptors (Lipinski definition) is 4. The highest BCUT2D eigenvalue weighted by atomic mass is 16.5. The predicted molar refractivity (Wildman–Crippen MR) is 52.7 cm³/mol. The van der Waals surface area contributed by atoms with Crippen LogP contribution in [0.3, 0.4) is 0 Å². The Morgan fingerprint density at radius 3 is 2.88 bits per heavy atom. The molecule has 0 spiro atoms. The van der Waals surface area contributed by atoms with E-state index in [1.54, 1.807) is 6.08 Å². The molecule has 2 amide bonds. The molecule has 1 unspecified atom stereocenters. The molecule has 2 aliphatic rings. The normalized spacial score (nSPS) is 24.3. The van der Waals surface area contributed by atoms with Crippen molar-refractivity contribution in [3.05, 3.63) is 11.8 Å². The van der Waals surface area contributed by atoms with Gasteiger partial charge in [-0.2, -0.15) is 0 Å². The first-order valence-electron chi connectivity index (χ1n) is 5.08. The molecule has 0 aromatic heterocycles. The molecule has 0 aromatic carbocycles. The number of nitrogens with zero attached hydrogens (tertiary/aromatic N) is 2. The lowest BCUT2D eigenvalue weighted by Crippen LogP contribution is -2.51. The van der Waals surface area contributed by atoms with Crippen molar-refractivity contribution < 1.29 is 19.1 Å². The predicted octanol–water partition coefficient (Wildman–Crippen LogP) is -0.536. The molecule has 6 heteroatoms. The van der Waals surface area contributed by atoms with E-state index in [4.69, 9.17) is 4.74 Å². The third kappa shape index (κ3) is 1.56. The lowest BCUT2D eigenvalue weighted by molar-refractivity contribution is -0.153. The number of carbonyl (C=O) groups excluding carboxylic acids is 3. The van der Waals surface area contributed by atoms with Crippen molar-refractivity contribution in [1.82, 2.24) is 10.0 Å². The standard InChI is InChI=1S/C10H12N2O4/c1-2-16-8-3-7(6-13)12-10(15)4-9(14)11(12)5-8/h3,6-7H,2,4-5H2,1H3. The fraction of sp³-hybridized carbons (Fsp3) is 0.500. The van der Waals surface area contributed by atoms with Gasteiger partial charge in [0.25, 0.3) is 11.8 Å². The van der Waals surface area contributed by atoms with Crippen molar-refractivity contribution >= 4 is 18.1 Å². The van der Waals surface area contributed by atoms with Crippen molar-refractivity contribution in [2.75, 3.05) is 13.2 Å². The molecule has 0 aliphatic carbocycles. The van der Waals surface area contributed by atoms with E-state index in [0.29, 0.717) is 18.7 Å². The van der Waals surface area contributed by atoms with Crippen molar-refractivity contribution in [1.29, 1.82) is 0 Å². The molecule has 0 aromatic rings.